The van der Waals surface area contributed by atoms with E-state index in [2.05, 4.69) is 17.1 Å². The van der Waals surface area contributed by atoms with E-state index in [9.17, 15) is 18.0 Å². The van der Waals surface area contributed by atoms with Crippen molar-refractivity contribution < 1.29 is 18.0 Å². The topological polar surface area (TPSA) is 86.8 Å². The second kappa shape index (κ2) is 10.3. The smallest absolute Gasteiger partial charge is 0.259 e. The van der Waals surface area contributed by atoms with E-state index in [-0.39, 0.29) is 39.5 Å². The molecule has 0 aromatic heterocycles. The van der Waals surface area contributed by atoms with Crippen molar-refractivity contribution in [3.8, 4) is 0 Å². The van der Waals surface area contributed by atoms with E-state index in [1.165, 1.54) is 35.2 Å². The van der Waals surface area contributed by atoms with Gasteiger partial charge in [-0.05, 0) is 74.0 Å². The molecule has 7 nitrogen and oxygen atoms in total. The third-order valence-electron chi connectivity index (χ3n) is 7.11. The third kappa shape index (κ3) is 4.89. The van der Waals surface area contributed by atoms with Crippen molar-refractivity contribution >= 4 is 38.9 Å². The molecule has 3 aromatic rings. The number of hydrogen-bond donors (Lipinski definition) is 1. The average molecular weight is 538 g/mol. The minimum absolute atomic E-state index is 0.00994. The van der Waals surface area contributed by atoms with Crippen LogP contribution in [0.2, 0.25) is 5.02 Å². The first kappa shape index (κ1) is 25.4. The van der Waals surface area contributed by atoms with E-state index in [0.717, 1.165) is 31.5 Å². The zero-order valence-corrected chi connectivity index (χ0v) is 22.1. The number of hydrogen-bond acceptors (Lipinski definition) is 5. The highest BCUT2D eigenvalue weighted by Crippen LogP contribution is 2.38. The van der Waals surface area contributed by atoms with Crippen LogP contribution in [0.5, 0.6) is 0 Å². The Labute approximate surface area is 222 Å². The lowest BCUT2D eigenvalue weighted by atomic mass is 10.1. The number of nitrogens with one attached hydrogen (secondary N) is 1. The maximum Gasteiger partial charge on any atom is 0.259 e. The maximum absolute atomic E-state index is 13.7. The molecule has 192 valence electrons. The lowest BCUT2D eigenvalue weighted by Crippen LogP contribution is -2.40. The number of halogens is 1. The standard InChI is InChI=1S/C28H28ClN3O4S/c1-2-31-15-5-6-22(31)17-30-27(33)20-11-14-26-24(16-20)32(18-19-9-12-21(29)13-10-19)28(34)23-7-3-4-8-25(23)37(26,35)36/h3-4,7-14,16,22H,2,5-6,15,17-18H2,1H3,(H,30,33)/t22-/m1/s1. The summed E-state index contributed by atoms with van der Waals surface area (Å²) < 4.78 is 27.3. The van der Waals surface area contributed by atoms with Gasteiger partial charge in [0.05, 0.1) is 27.6 Å². The highest BCUT2D eigenvalue weighted by atomic mass is 35.5. The Morgan fingerprint density at radius 2 is 1.81 bits per heavy atom. The fourth-order valence-electron chi connectivity index (χ4n) is 5.13. The SMILES string of the molecule is CCN1CCC[C@@H]1CNC(=O)c1ccc2c(c1)N(Cc1ccc(Cl)cc1)C(=O)c1ccccc1S2(=O)=O. The third-order valence-corrected chi connectivity index (χ3v) is 9.22. The molecule has 1 fully saturated rings. The number of likely N-dealkylation sites (tertiary alicyclic amines) is 1. The molecule has 0 bridgehead atoms. The minimum Gasteiger partial charge on any atom is -0.350 e. The molecule has 1 saturated heterocycles. The van der Waals surface area contributed by atoms with Crippen LogP contribution < -0.4 is 10.2 Å². The van der Waals surface area contributed by atoms with Crippen LogP contribution in [0.25, 0.3) is 0 Å². The van der Waals surface area contributed by atoms with Crippen molar-refractivity contribution in [3.63, 3.8) is 0 Å². The van der Waals surface area contributed by atoms with Gasteiger partial charge in [0.25, 0.3) is 11.8 Å². The molecule has 1 N–H and O–H groups in total. The van der Waals surface area contributed by atoms with E-state index in [1.54, 1.807) is 36.4 Å². The van der Waals surface area contributed by atoms with Gasteiger partial charge < -0.3 is 10.2 Å². The van der Waals surface area contributed by atoms with Gasteiger partial charge in [0.2, 0.25) is 9.84 Å². The Bertz CT molecular complexity index is 1460. The summed E-state index contributed by atoms with van der Waals surface area (Å²) in [5.41, 5.74) is 1.35. The number of sulfone groups is 1. The molecule has 0 radical (unpaired) electrons. The molecule has 1 atom stereocenters. The highest BCUT2D eigenvalue weighted by molar-refractivity contribution is 7.91. The van der Waals surface area contributed by atoms with Gasteiger partial charge in [0.1, 0.15) is 0 Å². The number of rotatable bonds is 6. The number of benzene rings is 3. The number of likely N-dealkylation sites (N-methyl/N-ethyl adjacent to an activating group) is 1. The van der Waals surface area contributed by atoms with Crippen molar-refractivity contribution in [2.75, 3.05) is 24.5 Å². The van der Waals surface area contributed by atoms with Crippen LogP contribution >= 0.6 is 11.6 Å². The Morgan fingerprint density at radius 3 is 2.57 bits per heavy atom. The Hall–Kier alpha value is -3.20. The van der Waals surface area contributed by atoms with E-state index in [4.69, 9.17) is 11.6 Å². The van der Waals surface area contributed by atoms with Crippen molar-refractivity contribution in [1.82, 2.24) is 10.2 Å². The van der Waals surface area contributed by atoms with Crippen LogP contribution in [0.3, 0.4) is 0 Å². The zero-order valence-electron chi connectivity index (χ0n) is 20.5. The summed E-state index contributed by atoms with van der Waals surface area (Å²) in [4.78, 5) is 30.6. The molecule has 0 aliphatic carbocycles. The fraction of sp³-hybridized carbons (Fsp3) is 0.286. The van der Waals surface area contributed by atoms with E-state index >= 15 is 0 Å². The fourth-order valence-corrected chi connectivity index (χ4v) is 6.89. The number of anilines is 1. The zero-order chi connectivity index (χ0) is 26.2. The van der Waals surface area contributed by atoms with Crippen molar-refractivity contribution in [2.24, 2.45) is 0 Å². The molecule has 0 saturated carbocycles. The first-order chi connectivity index (χ1) is 17.8. The molecule has 5 rings (SSSR count). The average Bonchev–Trinajstić information content (AvgIpc) is 3.36. The van der Waals surface area contributed by atoms with Crippen LogP contribution in [0.1, 0.15) is 46.0 Å². The van der Waals surface area contributed by atoms with Gasteiger partial charge in [-0.2, -0.15) is 0 Å². The van der Waals surface area contributed by atoms with Gasteiger partial charge in [0.15, 0.2) is 0 Å². The normalized spacial score (nSPS) is 18.7. The van der Waals surface area contributed by atoms with E-state index in [0.29, 0.717) is 17.1 Å². The predicted molar refractivity (Wildman–Crippen MR) is 143 cm³/mol. The number of amides is 2. The van der Waals surface area contributed by atoms with Gasteiger partial charge in [-0.15, -0.1) is 0 Å². The Kier molecular flexibility index (Phi) is 7.07. The monoisotopic (exact) mass is 537 g/mol. The van der Waals surface area contributed by atoms with Crippen LogP contribution in [0, 0.1) is 0 Å². The largest absolute Gasteiger partial charge is 0.350 e. The number of carbonyl (C=O) groups is 2. The number of nitrogens with zero attached hydrogens (tertiary/aromatic N) is 2. The molecule has 0 spiro atoms. The van der Waals surface area contributed by atoms with Crippen LogP contribution in [0.4, 0.5) is 5.69 Å². The summed E-state index contributed by atoms with van der Waals surface area (Å²) >= 11 is 6.04. The second-order valence-electron chi connectivity index (χ2n) is 9.33. The van der Waals surface area contributed by atoms with Crippen LogP contribution in [-0.2, 0) is 16.4 Å². The van der Waals surface area contributed by atoms with Crippen molar-refractivity contribution in [1.29, 1.82) is 0 Å². The first-order valence-corrected chi connectivity index (χ1v) is 14.2. The van der Waals surface area contributed by atoms with Gasteiger partial charge in [0, 0.05) is 23.2 Å². The molecule has 9 heteroatoms. The molecule has 2 heterocycles. The van der Waals surface area contributed by atoms with Gasteiger partial charge in [-0.1, -0.05) is 42.8 Å². The van der Waals surface area contributed by atoms with Gasteiger partial charge in [-0.25, -0.2) is 8.42 Å². The molecule has 3 aromatic carbocycles. The van der Waals surface area contributed by atoms with Crippen molar-refractivity contribution in [3.05, 3.63) is 88.4 Å². The Balaban J connectivity index is 1.54. The summed E-state index contributed by atoms with van der Waals surface area (Å²) in [6, 6.07) is 18.0. The quantitative estimate of drug-likeness (QED) is 0.498. The summed E-state index contributed by atoms with van der Waals surface area (Å²) in [6.45, 7) is 4.69. The van der Waals surface area contributed by atoms with E-state index < -0.39 is 15.7 Å². The minimum atomic E-state index is -4.00. The summed E-state index contributed by atoms with van der Waals surface area (Å²) in [6.07, 6.45) is 2.13. The van der Waals surface area contributed by atoms with Gasteiger partial charge >= 0.3 is 0 Å². The molecule has 37 heavy (non-hydrogen) atoms. The molecule has 2 aliphatic heterocycles. The molecular weight excluding hydrogens is 510 g/mol. The summed E-state index contributed by atoms with van der Waals surface area (Å²) in [5, 5.41) is 3.56. The lowest BCUT2D eigenvalue weighted by molar-refractivity contribution is 0.0938. The first-order valence-electron chi connectivity index (χ1n) is 12.4. The highest BCUT2D eigenvalue weighted by Gasteiger charge is 2.36. The van der Waals surface area contributed by atoms with Crippen LogP contribution in [0.15, 0.2) is 76.5 Å². The number of fused-ring (bicyclic) bond motifs is 2. The van der Waals surface area contributed by atoms with Gasteiger partial charge in [-0.3, -0.25) is 14.5 Å². The summed E-state index contributed by atoms with van der Waals surface area (Å²) in [5.74, 6) is -0.751. The molecule has 2 amide bonds. The lowest BCUT2D eigenvalue weighted by Gasteiger charge is -2.24. The van der Waals surface area contributed by atoms with E-state index in [1.807, 2.05) is 0 Å². The van der Waals surface area contributed by atoms with Crippen molar-refractivity contribution in [2.45, 2.75) is 42.1 Å². The summed E-state index contributed by atoms with van der Waals surface area (Å²) in [7, 11) is -4.00. The maximum atomic E-state index is 13.7. The predicted octanol–water partition coefficient (Wildman–Crippen LogP) is 4.55. The van der Waals surface area contributed by atoms with Crippen LogP contribution in [-0.4, -0.2) is 50.8 Å². The Morgan fingerprint density at radius 1 is 1.05 bits per heavy atom. The number of carbonyl (C=O) groups excluding carboxylic acids is 2. The molecule has 2 aliphatic rings. The molecular formula is C28H28ClN3O4S. The second-order valence-corrected chi connectivity index (χ2v) is 11.7. The molecule has 0 unspecified atom stereocenters.